The highest BCUT2D eigenvalue weighted by Gasteiger charge is 2.19. The first-order valence-corrected chi connectivity index (χ1v) is 7.23. The molecule has 0 aromatic heterocycles. The lowest BCUT2D eigenvalue weighted by Crippen LogP contribution is -2.37. The monoisotopic (exact) mass is 352 g/mol. The molecule has 0 aliphatic rings. The Hall–Kier alpha value is -3.03. The van der Waals surface area contributed by atoms with E-state index < -0.39 is 41.4 Å². The number of hydrogen-bond donors (Lipinski definition) is 2. The second kappa shape index (κ2) is 8.18. The minimum Gasteiger partial charge on any atom is -0.497 e. The normalized spacial score (nSPS) is 10.2. The largest absolute Gasteiger partial charge is 0.497 e. The summed E-state index contributed by atoms with van der Waals surface area (Å²) in [6, 6.07) is 8.42. The Bertz CT molecular complexity index is 779. The number of rotatable bonds is 6. The molecule has 0 saturated carbocycles. The minimum atomic E-state index is -1.74. The van der Waals surface area contributed by atoms with Crippen molar-refractivity contribution in [2.24, 2.45) is 0 Å². The Balaban J connectivity index is 1.85. The van der Waals surface area contributed by atoms with Crippen molar-refractivity contribution in [3.63, 3.8) is 0 Å². The van der Waals surface area contributed by atoms with Crippen LogP contribution in [0.25, 0.3) is 0 Å². The Kier molecular flexibility index (Phi) is 5.99. The van der Waals surface area contributed by atoms with Crippen molar-refractivity contribution in [2.45, 2.75) is 6.54 Å². The van der Waals surface area contributed by atoms with Gasteiger partial charge in [-0.1, -0.05) is 12.1 Å². The summed E-state index contributed by atoms with van der Waals surface area (Å²) >= 11 is 0. The van der Waals surface area contributed by atoms with Gasteiger partial charge in [0.2, 0.25) is 5.91 Å². The Morgan fingerprint density at radius 2 is 1.64 bits per heavy atom. The summed E-state index contributed by atoms with van der Waals surface area (Å²) in [6.45, 7) is -0.217. The van der Waals surface area contributed by atoms with Crippen molar-refractivity contribution in [3.05, 3.63) is 65.0 Å². The number of carbonyl (C=O) groups is 2. The maximum absolute atomic E-state index is 13.5. The molecule has 0 radical (unpaired) electrons. The molecule has 2 rings (SSSR count). The molecule has 0 unspecified atom stereocenters. The molecule has 0 aliphatic carbocycles. The third-order valence-corrected chi connectivity index (χ3v) is 3.34. The maximum atomic E-state index is 13.5. The van der Waals surface area contributed by atoms with Crippen LogP contribution in [0.15, 0.2) is 36.4 Å². The van der Waals surface area contributed by atoms with Crippen molar-refractivity contribution in [1.29, 1.82) is 0 Å². The molecule has 0 heterocycles. The van der Waals surface area contributed by atoms with Gasteiger partial charge in [-0.25, -0.2) is 13.2 Å². The van der Waals surface area contributed by atoms with Crippen LogP contribution in [-0.2, 0) is 11.3 Å². The van der Waals surface area contributed by atoms with Gasteiger partial charge in [-0.15, -0.1) is 0 Å². The molecule has 5 nitrogen and oxygen atoms in total. The number of ether oxygens (including phenoxy) is 1. The van der Waals surface area contributed by atoms with Crippen LogP contribution in [0.1, 0.15) is 15.9 Å². The summed E-state index contributed by atoms with van der Waals surface area (Å²) < 4.78 is 44.4. The van der Waals surface area contributed by atoms with Gasteiger partial charge < -0.3 is 15.4 Å². The average Bonchev–Trinajstić information content (AvgIpc) is 2.63. The third-order valence-electron chi connectivity index (χ3n) is 3.34. The zero-order valence-corrected chi connectivity index (χ0v) is 13.2. The lowest BCUT2D eigenvalue weighted by atomic mass is 10.2. The fourth-order valence-electron chi connectivity index (χ4n) is 1.96. The number of carbonyl (C=O) groups excluding carboxylic acids is 2. The van der Waals surface area contributed by atoms with E-state index in [9.17, 15) is 22.8 Å². The highest BCUT2D eigenvalue weighted by Crippen LogP contribution is 2.15. The molecular weight excluding hydrogens is 337 g/mol. The van der Waals surface area contributed by atoms with E-state index >= 15 is 0 Å². The first-order valence-electron chi connectivity index (χ1n) is 7.23. The van der Waals surface area contributed by atoms with Crippen LogP contribution < -0.4 is 15.4 Å². The predicted octanol–water partition coefficient (Wildman–Crippen LogP) is 2.16. The van der Waals surface area contributed by atoms with Crippen LogP contribution in [0, 0.1) is 17.5 Å². The molecule has 25 heavy (non-hydrogen) atoms. The Labute approximate surface area is 141 Å². The third kappa shape index (κ3) is 4.72. The molecule has 132 valence electrons. The van der Waals surface area contributed by atoms with Gasteiger partial charge in [0.25, 0.3) is 5.91 Å². The molecule has 2 aromatic rings. The zero-order chi connectivity index (χ0) is 18.4. The summed E-state index contributed by atoms with van der Waals surface area (Å²) in [7, 11) is 1.54. The van der Waals surface area contributed by atoms with Crippen LogP contribution in [0.2, 0.25) is 0 Å². The standard InChI is InChI=1S/C17H15F3N2O3/c1-25-11-4-2-10(3-5-11)8-21-14(23)9-22-17(24)12-6-7-13(18)16(20)15(12)19/h2-7H,8-9H2,1H3,(H,21,23)(H,22,24). The molecular formula is C17H15F3N2O3. The van der Waals surface area contributed by atoms with Crippen LogP contribution in [0.5, 0.6) is 5.75 Å². The second-order valence-electron chi connectivity index (χ2n) is 5.03. The van der Waals surface area contributed by atoms with E-state index in [1.54, 1.807) is 24.3 Å². The lowest BCUT2D eigenvalue weighted by Gasteiger charge is -2.08. The number of nitrogens with one attached hydrogen (secondary N) is 2. The summed E-state index contributed by atoms with van der Waals surface area (Å²) in [5, 5.41) is 4.70. The second-order valence-corrected chi connectivity index (χ2v) is 5.03. The van der Waals surface area contributed by atoms with Gasteiger partial charge in [0.05, 0.1) is 19.2 Å². The van der Waals surface area contributed by atoms with E-state index in [0.717, 1.165) is 11.6 Å². The smallest absolute Gasteiger partial charge is 0.254 e. The number of amides is 2. The predicted molar refractivity (Wildman–Crippen MR) is 83.5 cm³/mol. The van der Waals surface area contributed by atoms with Gasteiger partial charge in [-0.3, -0.25) is 9.59 Å². The van der Waals surface area contributed by atoms with Crippen LogP contribution >= 0.6 is 0 Å². The van der Waals surface area contributed by atoms with E-state index in [0.29, 0.717) is 11.8 Å². The molecule has 2 amide bonds. The number of benzene rings is 2. The quantitative estimate of drug-likeness (QED) is 0.783. The summed E-state index contributed by atoms with van der Waals surface area (Å²) in [6.07, 6.45) is 0. The molecule has 2 N–H and O–H groups in total. The number of methoxy groups -OCH3 is 1. The first kappa shape index (κ1) is 18.3. The van der Waals surface area contributed by atoms with E-state index in [2.05, 4.69) is 10.6 Å². The summed E-state index contributed by atoms with van der Waals surface area (Å²) in [5.74, 6) is -5.60. The molecule has 0 spiro atoms. The maximum Gasteiger partial charge on any atom is 0.254 e. The molecule has 0 saturated heterocycles. The van der Waals surface area contributed by atoms with E-state index in [-0.39, 0.29) is 6.54 Å². The molecule has 2 aromatic carbocycles. The van der Waals surface area contributed by atoms with Crippen molar-refractivity contribution in [2.75, 3.05) is 13.7 Å². The SMILES string of the molecule is COc1ccc(CNC(=O)CNC(=O)c2ccc(F)c(F)c2F)cc1. The zero-order valence-electron chi connectivity index (χ0n) is 13.2. The highest BCUT2D eigenvalue weighted by molar-refractivity contribution is 5.96. The average molecular weight is 352 g/mol. The topological polar surface area (TPSA) is 67.4 Å². The summed E-state index contributed by atoms with van der Waals surface area (Å²) in [5.41, 5.74) is 0.133. The van der Waals surface area contributed by atoms with E-state index in [1.807, 2.05) is 0 Å². The van der Waals surface area contributed by atoms with E-state index in [4.69, 9.17) is 4.74 Å². The van der Waals surface area contributed by atoms with Crippen molar-refractivity contribution in [1.82, 2.24) is 10.6 Å². The molecule has 0 bridgehead atoms. The van der Waals surface area contributed by atoms with Gasteiger partial charge >= 0.3 is 0 Å². The van der Waals surface area contributed by atoms with Crippen molar-refractivity contribution >= 4 is 11.8 Å². The van der Waals surface area contributed by atoms with Gasteiger partial charge in [-0.2, -0.15) is 0 Å². The fourth-order valence-corrected chi connectivity index (χ4v) is 1.96. The fraction of sp³-hybridized carbons (Fsp3) is 0.176. The van der Waals surface area contributed by atoms with Gasteiger partial charge in [0.1, 0.15) is 5.75 Å². The minimum absolute atomic E-state index is 0.220. The number of hydrogen-bond acceptors (Lipinski definition) is 3. The van der Waals surface area contributed by atoms with Crippen molar-refractivity contribution in [3.8, 4) is 5.75 Å². The van der Waals surface area contributed by atoms with Crippen LogP contribution in [0.4, 0.5) is 13.2 Å². The van der Waals surface area contributed by atoms with Gasteiger partial charge in [-0.05, 0) is 29.8 Å². The number of halogens is 3. The molecule has 0 atom stereocenters. The van der Waals surface area contributed by atoms with Gasteiger partial charge in [0.15, 0.2) is 17.5 Å². The van der Waals surface area contributed by atoms with Gasteiger partial charge in [0, 0.05) is 6.54 Å². The lowest BCUT2D eigenvalue weighted by molar-refractivity contribution is -0.120. The molecule has 0 aliphatic heterocycles. The molecule has 8 heteroatoms. The first-order chi connectivity index (χ1) is 11.9. The van der Waals surface area contributed by atoms with E-state index in [1.165, 1.54) is 7.11 Å². The summed E-state index contributed by atoms with van der Waals surface area (Å²) in [4.78, 5) is 23.4. The van der Waals surface area contributed by atoms with Crippen molar-refractivity contribution < 1.29 is 27.5 Å². The molecule has 0 fully saturated rings. The Morgan fingerprint density at radius 3 is 2.28 bits per heavy atom. The highest BCUT2D eigenvalue weighted by atomic mass is 19.2. The van der Waals surface area contributed by atoms with Crippen LogP contribution in [0.3, 0.4) is 0 Å². The Morgan fingerprint density at radius 1 is 0.960 bits per heavy atom. The van der Waals surface area contributed by atoms with Crippen LogP contribution in [-0.4, -0.2) is 25.5 Å².